The van der Waals surface area contributed by atoms with Crippen molar-refractivity contribution in [3.05, 3.63) is 30.1 Å². The molecule has 110 valence electrons. The smallest absolute Gasteiger partial charge is 0.238 e. The first-order chi connectivity index (χ1) is 9.56. The SMILES string of the molecule is CC1CN(CC(=O)Nc2ccc(F)cc2)CC(CO)O1. The summed E-state index contributed by atoms with van der Waals surface area (Å²) in [6.07, 6.45) is -0.267. The number of ether oxygens (including phenoxy) is 1. The van der Waals surface area contributed by atoms with E-state index >= 15 is 0 Å². The average Bonchev–Trinajstić information content (AvgIpc) is 2.40. The minimum atomic E-state index is -0.337. The van der Waals surface area contributed by atoms with E-state index in [4.69, 9.17) is 9.84 Å². The van der Waals surface area contributed by atoms with Crippen molar-refractivity contribution in [2.75, 3.05) is 31.6 Å². The van der Waals surface area contributed by atoms with E-state index in [1.165, 1.54) is 24.3 Å². The molecule has 5 nitrogen and oxygen atoms in total. The van der Waals surface area contributed by atoms with Gasteiger partial charge in [-0.1, -0.05) is 0 Å². The van der Waals surface area contributed by atoms with Crippen LogP contribution in [0.2, 0.25) is 0 Å². The highest BCUT2D eigenvalue weighted by atomic mass is 19.1. The number of anilines is 1. The highest BCUT2D eigenvalue weighted by molar-refractivity contribution is 5.92. The zero-order valence-corrected chi connectivity index (χ0v) is 11.4. The van der Waals surface area contributed by atoms with E-state index in [2.05, 4.69) is 5.32 Å². The second-order valence-electron chi connectivity index (χ2n) is 5.00. The van der Waals surface area contributed by atoms with E-state index in [0.717, 1.165) is 0 Å². The molecule has 20 heavy (non-hydrogen) atoms. The van der Waals surface area contributed by atoms with Gasteiger partial charge >= 0.3 is 0 Å². The lowest BCUT2D eigenvalue weighted by Gasteiger charge is -2.35. The second-order valence-corrected chi connectivity index (χ2v) is 5.00. The number of rotatable bonds is 4. The Hall–Kier alpha value is -1.50. The molecule has 1 aliphatic heterocycles. The summed E-state index contributed by atoms with van der Waals surface area (Å²) >= 11 is 0. The summed E-state index contributed by atoms with van der Waals surface area (Å²) in [5, 5.41) is 11.8. The van der Waals surface area contributed by atoms with Gasteiger partial charge in [-0.3, -0.25) is 9.69 Å². The number of aliphatic hydroxyl groups is 1. The van der Waals surface area contributed by atoms with Crippen molar-refractivity contribution in [2.45, 2.75) is 19.1 Å². The maximum absolute atomic E-state index is 12.8. The van der Waals surface area contributed by atoms with Crippen molar-refractivity contribution in [3.8, 4) is 0 Å². The van der Waals surface area contributed by atoms with Crippen LogP contribution in [-0.4, -0.2) is 54.4 Å². The molecule has 2 atom stereocenters. The highest BCUT2D eigenvalue weighted by Gasteiger charge is 2.25. The Morgan fingerprint density at radius 1 is 1.45 bits per heavy atom. The van der Waals surface area contributed by atoms with Gasteiger partial charge in [0, 0.05) is 18.8 Å². The molecule has 1 saturated heterocycles. The minimum Gasteiger partial charge on any atom is -0.394 e. The Morgan fingerprint density at radius 2 is 2.15 bits per heavy atom. The molecule has 1 aromatic carbocycles. The largest absolute Gasteiger partial charge is 0.394 e. The number of nitrogens with one attached hydrogen (secondary N) is 1. The lowest BCUT2D eigenvalue weighted by atomic mass is 10.2. The summed E-state index contributed by atoms with van der Waals surface area (Å²) in [4.78, 5) is 13.9. The number of benzene rings is 1. The molecule has 0 spiro atoms. The molecule has 1 aliphatic rings. The zero-order chi connectivity index (χ0) is 14.5. The van der Waals surface area contributed by atoms with E-state index in [9.17, 15) is 9.18 Å². The third-order valence-corrected chi connectivity index (χ3v) is 3.10. The van der Waals surface area contributed by atoms with Crippen LogP contribution in [0.5, 0.6) is 0 Å². The number of morpholine rings is 1. The molecule has 1 amide bonds. The fourth-order valence-electron chi connectivity index (χ4n) is 2.31. The number of aliphatic hydroxyl groups excluding tert-OH is 1. The number of hydrogen-bond donors (Lipinski definition) is 2. The molecule has 0 radical (unpaired) electrons. The Labute approximate surface area is 117 Å². The predicted molar refractivity (Wildman–Crippen MR) is 72.9 cm³/mol. The van der Waals surface area contributed by atoms with Crippen molar-refractivity contribution in [1.82, 2.24) is 4.90 Å². The summed E-state index contributed by atoms with van der Waals surface area (Å²) < 4.78 is 18.3. The molecule has 0 bridgehead atoms. The first-order valence-electron chi connectivity index (χ1n) is 6.61. The van der Waals surface area contributed by atoms with Gasteiger partial charge in [-0.2, -0.15) is 0 Å². The molecule has 1 heterocycles. The summed E-state index contributed by atoms with van der Waals surface area (Å²) in [6, 6.07) is 5.64. The fraction of sp³-hybridized carbons (Fsp3) is 0.500. The van der Waals surface area contributed by atoms with E-state index < -0.39 is 0 Å². The van der Waals surface area contributed by atoms with Gasteiger partial charge in [-0.25, -0.2) is 4.39 Å². The molecule has 1 fully saturated rings. The van der Waals surface area contributed by atoms with Gasteiger partial charge < -0.3 is 15.2 Å². The van der Waals surface area contributed by atoms with Crippen LogP contribution in [0, 0.1) is 5.82 Å². The Kier molecular flexibility index (Phi) is 5.05. The van der Waals surface area contributed by atoms with E-state index in [-0.39, 0.29) is 37.1 Å². The lowest BCUT2D eigenvalue weighted by molar-refractivity contribution is -0.124. The van der Waals surface area contributed by atoms with Crippen molar-refractivity contribution in [3.63, 3.8) is 0 Å². The van der Waals surface area contributed by atoms with Crippen molar-refractivity contribution in [1.29, 1.82) is 0 Å². The monoisotopic (exact) mass is 282 g/mol. The van der Waals surface area contributed by atoms with Crippen LogP contribution in [0.4, 0.5) is 10.1 Å². The van der Waals surface area contributed by atoms with Gasteiger partial charge in [-0.05, 0) is 31.2 Å². The van der Waals surface area contributed by atoms with Gasteiger partial charge in [0.15, 0.2) is 0 Å². The number of halogens is 1. The normalized spacial score (nSPS) is 23.6. The minimum absolute atomic E-state index is 0.0143. The third kappa shape index (κ3) is 4.26. The van der Waals surface area contributed by atoms with Gasteiger partial charge in [0.05, 0.1) is 25.4 Å². The van der Waals surface area contributed by atoms with Crippen LogP contribution >= 0.6 is 0 Å². The topological polar surface area (TPSA) is 61.8 Å². The predicted octanol–water partition coefficient (Wildman–Crippen LogP) is 0.846. The molecule has 2 N–H and O–H groups in total. The van der Waals surface area contributed by atoms with Crippen molar-refractivity contribution >= 4 is 11.6 Å². The third-order valence-electron chi connectivity index (χ3n) is 3.10. The van der Waals surface area contributed by atoms with Crippen molar-refractivity contribution < 1.29 is 19.0 Å². The molecule has 0 saturated carbocycles. The number of carbonyl (C=O) groups is 1. The Balaban J connectivity index is 1.86. The maximum Gasteiger partial charge on any atom is 0.238 e. The van der Waals surface area contributed by atoms with Crippen LogP contribution in [0.3, 0.4) is 0 Å². The molecule has 1 aromatic rings. The van der Waals surface area contributed by atoms with Crippen LogP contribution < -0.4 is 5.32 Å². The number of carbonyl (C=O) groups excluding carboxylic acids is 1. The molecular formula is C14H19FN2O3. The number of hydrogen-bond acceptors (Lipinski definition) is 4. The highest BCUT2D eigenvalue weighted by Crippen LogP contribution is 2.12. The van der Waals surface area contributed by atoms with Gasteiger partial charge in [0.25, 0.3) is 0 Å². The van der Waals surface area contributed by atoms with Crippen molar-refractivity contribution in [2.24, 2.45) is 0 Å². The first kappa shape index (κ1) is 14.9. The average molecular weight is 282 g/mol. The number of amides is 1. The van der Waals surface area contributed by atoms with E-state index in [1.54, 1.807) is 0 Å². The van der Waals surface area contributed by atoms with E-state index in [0.29, 0.717) is 18.8 Å². The summed E-state index contributed by atoms with van der Waals surface area (Å²) in [5.74, 6) is -0.502. The first-order valence-corrected chi connectivity index (χ1v) is 6.61. The standard InChI is InChI=1S/C14H19FN2O3/c1-10-6-17(7-13(9-18)20-10)8-14(19)16-12-4-2-11(15)3-5-12/h2-5,10,13,18H,6-9H2,1H3,(H,16,19). The summed E-state index contributed by atoms with van der Waals surface area (Å²) in [7, 11) is 0. The Bertz CT molecular complexity index is 452. The van der Waals surface area contributed by atoms with Crippen LogP contribution in [-0.2, 0) is 9.53 Å². The molecule has 2 unspecified atom stereocenters. The number of nitrogens with zero attached hydrogens (tertiary/aromatic N) is 1. The fourth-order valence-corrected chi connectivity index (χ4v) is 2.31. The van der Waals surface area contributed by atoms with Crippen LogP contribution in [0.1, 0.15) is 6.92 Å². The van der Waals surface area contributed by atoms with Gasteiger partial charge in [0.2, 0.25) is 5.91 Å². The molecule has 0 aliphatic carbocycles. The van der Waals surface area contributed by atoms with Gasteiger partial charge in [0.1, 0.15) is 5.82 Å². The molecule has 2 rings (SSSR count). The second kappa shape index (κ2) is 6.78. The zero-order valence-electron chi connectivity index (χ0n) is 11.4. The van der Waals surface area contributed by atoms with Crippen LogP contribution in [0.25, 0.3) is 0 Å². The molecule has 0 aromatic heterocycles. The van der Waals surface area contributed by atoms with Crippen LogP contribution in [0.15, 0.2) is 24.3 Å². The Morgan fingerprint density at radius 3 is 2.80 bits per heavy atom. The summed E-state index contributed by atoms with van der Waals surface area (Å²) in [5.41, 5.74) is 0.566. The maximum atomic E-state index is 12.8. The van der Waals surface area contributed by atoms with E-state index in [1.807, 2.05) is 11.8 Å². The molecular weight excluding hydrogens is 263 g/mol. The van der Waals surface area contributed by atoms with Gasteiger partial charge in [-0.15, -0.1) is 0 Å². The lowest BCUT2D eigenvalue weighted by Crippen LogP contribution is -2.50. The quantitative estimate of drug-likeness (QED) is 0.859. The summed E-state index contributed by atoms with van der Waals surface area (Å²) in [6.45, 7) is 3.25. The molecule has 6 heteroatoms.